The van der Waals surface area contributed by atoms with Crippen molar-refractivity contribution in [1.29, 1.82) is 0 Å². The Balaban J connectivity index is 1.45. The number of hydrogen-bond donors (Lipinski definition) is 1. The van der Waals surface area contributed by atoms with Crippen molar-refractivity contribution in [2.45, 2.75) is 80.9 Å². The fourth-order valence-electron chi connectivity index (χ4n) is 4.47. The molecule has 31 heavy (non-hydrogen) atoms. The van der Waals surface area contributed by atoms with Crippen molar-refractivity contribution in [2.24, 2.45) is 0 Å². The molecule has 0 saturated heterocycles. The Morgan fingerprint density at radius 3 is 2.84 bits per heavy atom. The predicted molar refractivity (Wildman–Crippen MR) is 126 cm³/mol. The first-order valence-corrected chi connectivity index (χ1v) is 13.8. The third kappa shape index (κ3) is 4.19. The number of thioether (sulfide) groups is 2. The van der Waals surface area contributed by atoms with Crippen molar-refractivity contribution in [3.05, 3.63) is 10.4 Å². The lowest BCUT2D eigenvalue weighted by molar-refractivity contribution is -0.119. The molecule has 1 saturated carbocycles. The van der Waals surface area contributed by atoms with Crippen LogP contribution < -0.4 is 5.32 Å². The first-order chi connectivity index (χ1) is 14.9. The highest BCUT2D eigenvalue weighted by atomic mass is 32.2. The number of thiophene rings is 1. The van der Waals surface area contributed by atoms with Gasteiger partial charge in [-0.25, -0.2) is 9.38 Å². The van der Waals surface area contributed by atoms with E-state index < -0.39 is 0 Å². The maximum absolute atomic E-state index is 12.5. The van der Waals surface area contributed by atoms with Crippen LogP contribution in [0.15, 0.2) is 10.3 Å². The number of rotatable bonds is 5. The van der Waals surface area contributed by atoms with Gasteiger partial charge in [0.1, 0.15) is 4.83 Å². The molecule has 3 aromatic rings. The lowest BCUT2D eigenvalue weighted by Crippen LogP contribution is -2.37. The number of amides is 1. The summed E-state index contributed by atoms with van der Waals surface area (Å²) in [6, 6.07) is 0.322. The molecule has 1 N–H and O–H groups in total. The summed E-state index contributed by atoms with van der Waals surface area (Å²) in [5.74, 6) is 0.409. The second kappa shape index (κ2) is 8.53. The number of nitrogens with one attached hydrogen (secondary N) is 1. The Labute approximate surface area is 194 Å². The number of carbonyl (C=O) groups is 1. The lowest BCUT2D eigenvalue weighted by atomic mass is 9.94. The summed E-state index contributed by atoms with van der Waals surface area (Å²) in [7, 11) is 0. The maximum atomic E-state index is 12.5. The summed E-state index contributed by atoms with van der Waals surface area (Å²) in [5.41, 5.74) is 1.91. The van der Waals surface area contributed by atoms with Crippen LogP contribution in [0.3, 0.4) is 0 Å². The summed E-state index contributed by atoms with van der Waals surface area (Å²) < 4.78 is 8.02. The SMILES string of the molecule is CSc1nc2sc3c(c2c2nnc(SCC(=O)NC4CCCCC4)n12)CC(C)(C)OC3. The fourth-order valence-corrected chi connectivity index (χ4v) is 6.96. The average Bonchev–Trinajstić information content (AvgIpc) is 3.32. The van der Waals surface area contributed by atoms with E-state index in [1.54, 1.807) is 23.1 Å². The summed E-state index contributed by atoms with van der Waals surface area (Å²) in [6.45, 7) is 4.86. The molecule has 0 spiro atoms. The number of carbonyl (C=O) groups excluding carboxylic acids is 1. The number of hydrogen-bond acceptors (Lipinski definition) is 8. The third-order valence-electron chi connectivity index (χ3n) is 6.00. The quantitative estimate of drug-likeness (QED) is 0.429. The van der Waals surface area contributed by atoms with Crippen molar-refractivity contribution in [3.8, 4) is 0 Å². The fraction of sp³-hybridized carbons (Fsp3) is 0.619. The van der Waals surface area contributed by atoms with E-state index in [0.29, 0.717) is 18.4 Å². The van der Waals surface area contributed by atoms with Crippen LogP contribution in [-0.4, -0.2) is 49.1 Å². The average molecular weight is 478 g/mol. The summed E-state index contributed by atoms with van der Waals surface area (Å²) >= 11 is 4.70. The van der Waals surface area contributed by atoms with Crippen LogP contribution in [0.5, 0.6) is 0 Å². The van der Waals surface area contributed by atoms with Crippen molar-refractivity contribution >= 4 is 56.6 Å². The Morgan fingerprint density at radius 2 is 2.06 bits per heavy atom. The van der Waals surface area contributed by atoms with Crippen molar-refractivity contribution in [3.63, 3.8) is 0 Å². The van der Waals surface area contributed by atoms with Crippen LogP contribution in [0.25, 0.3) is 15.9 Å². The molecule has 3 aromatic heterocycles. The molecular weight excluding hydrogens is 450 g/mol. The van der Waals surface area contributed by atoms with E-state index in [1.165, 1.54) is 41.5 Å². The second-order valence-corrected chi connectivity index (χ2v) is 11.6. The van der Waals surface area contributed by atoms with Gasteiger partial charge in [0, 0.05) is 17.3 Å². The Hall–Kier alpha value is -1.36. The maximum Gasteiger partial charge on any atom is 0.230 e. The van der Waals surface area contributed by atoms with Gasteiger partial charge in [0.05, 0.1) is 23.3 Å². The molecule has 2 aliphatic rings. The van der Waals surface area contributed by atoms with Gasteiger partial charge in [-0.15, -0.1) is 21.5 Å². The zero-order chi connectivity index (χ0) is 21.6. The molecule has 5 rings (SSSR count). The predicted octanol–water partition coefficient (Wildman–Crippen LogP) is 4.45. The second-order valence-electron chi connectivity index (χ2n) is 8.84. The minimum absolute atomic E-state index is 0.0696. The van der Waals surface area contributed by atoms with Gasteiger partial charge in [0.15, 0.2) is 16.0 Å². The lowest BCUT2D eigenvalue weighted by Gasteiger charge is -2.30. The van der Waals surface area contributed by atoms with E-state index in [4.69, 9.17) is 9.72 Å². The van der Waals surface area contributed by atoms with Gasteiger partial charge < -0.3 is 10.1 Å². The molecule has 0 radical (unpaired) electrons. The first-order valence-electron chi connectivity index (χ1n) is 10.7. The number of fused-ring (bicyclic) bond motifs is 5. The van der Waals surface area contributed by atoms with E-state index in [0.717, 1.165) is 45.4 Å². The van der Waals surface area contributed by atoms with Crippen LogP contribution in [0.2, 0.25) is 0 Å². The number of nitrogens with zero attached hydrogens (tertiary/aromatic N) is 4. The van der Waals surface area contributed by atoms with Crippen molar-refractivity contribution < 1.29 is 9.53 Å². The molecule has 4 heterocycles. The van der Waals surface area contributed by atoms with E-state index in [9.17, 15) is 4.79 Å². The molecule has 1 aliphatic heterocycles. The Morgan fingerprint density at radius 1 is 1.26 bits per heavy atom. The topological polar surface area (TPSA) is 81.4 Å². The van der Waals surface area contributed by atoms with Crippen molar-refractivity contribution in [2.75, 3.05) is 12.0 Å². The van der Waals surface area contributed by atoms with Crippen LogP contribution in [0.4, 0.5) is 0 Å². The van der Waals surface area contributed by atoms with Crippen LogP contribution in [0.1, 0.15) is 56.4 Å². The van der Waals surface area contributed by atoms with Gasteiger partial charge in [-0.2, -0.15) is 0 Å². The molecule has 1 aliphatic carbocycles. The molecule has 7 nitrogen and oxygen atoms in total. The highest BCUT2D eigenvalue weighted by molar-refractivity contribution is 8.00. The van der Waals surface area contributed by atoms with Crippen LogP contribution in [-0.2, 0) is 22.6 Å². The summed E-state index contributed by atoms with van der Waals surface area (Å²) in [4.78, 5) is 19.6. The highest BCUT2D eigenvalue weighted by Crippen LogP contribution is 2.41. The molecule has 0 bridgehead atoms. The van der Waals surface area contributed by atoms with Gasteiger partial charge in [0.25, 0.3) is 0 Å². The van der Waals surface area contributed by atoms with Gasteiger partial charge >= 0.3 is 0 Å². The normalized spacial score (nSPS) is 19.1. The monoisotopic (exact) mass is 477 g/mol. The van der Waals surface area contributed by atoms with Gasteiger partial charge in [-0.1, -0.05) is 42.8 Å². The van der Waals surface area contributed by atoms with Gasteiger partial charge in [-0.05, 0) is 38.5 Å². The zero-order valence-electron chi connectivity index (χ0n) is 18.1. The minimum Gasteiger partial charge on any atom is -0.370 e. The van der Waals surface area contributed by atoms with Gasteiger partial charge in [0.2, 0.25) is 5.91 Å². The molecule has 166 valence electrons. The zero-order valence-corrected chi connectivity index (χ0v) is 20.5. The van der Waals surface area contributed by atoms with E-state index >= 15 is 0 Å². The van der Waals surface area contributed by atoms with E-state index in [-0.39, 0.29) is 11.5 Å². The molecule has 0 aromatic carbocycles. The molecule has 0 atom stereocenters. The smallest absolute Gasteiger partial charge is 0.230 e. The first kappa shape index (κ1) is 21.5. The van der Waals surface area contributed by atoms with E-state index in [2.05, 4.69) is 29.4 Å². The van der Waals surface area contributed by atoms with Crippen LogP contribution in [0, 0.1) is 0 Å². The Bertz CT molecular complexity index is 1130. The number of aromatic nitrogens is 4. The highest BCUT2D eigenvalue weighted by Gasteiger charge is 2.31. The van der Waals surface area contributed by atoms with Crippen molar-refractivity contribution in [1.82, 2.24) is 24.9 Å². The van der Waals surface area contributed by atoms with Gasteiger partial charge in [-0.3, -0.25) is 4.79 Å². The molecule has 0 unspecified atom stereocenters. The number of ether oxygens (including phenoxy) is 1. The summed E-state index contributed by atoms with van der Waals surface area (Å²) in [6.07, 6.45) is 8.71. The molecule has 10 heteroatoms. The van der Waals surface area contributed by atoms with E-state index in [1.807, 2.05) is 10.7 Å². The van der Waals surface area contributed by atoms with Crippen LogP contribution >= 0.6 is 34.9 Å². The third-order valence-corrected chi connectivity index (χ3v) is 8.67. The largest absolute Gasteiger partial charge is 0.370 e. The minimum atomic E-state index is -0.203. The molecule has 1 amide bonds. The standard InChI is InChI=1S/C21H27N5O2S3/c1-21(2)9-13-14(10-28-21)31-18-16(13)17-24-25-20(26(17)19(23-18)29-3)30-11-15(27)22-12-7-5-4-6-8-12/h12H,4-11H2,1-3H3,(H,22,27). The Kier molecular flexibility index (Phi) is 5.91. The molecular formula is C21H27N5O2S3. The summed E-state index contributed by atoms with van der Waals surface area (Å²) in [5, 5.41) is 14.8. The molecule has 1 fully saturated rings.